The minimum absolute atomic E-state index is 0. The molecule has 2 amide bonds. The van der Waals surface area contributed by atoms with Crippen molar-refractivity contribution in [2.45, 2.75) is 27.0 Å². The van der Waals surface area contributed by atoms with Gasteiger partial charge in [-0.1, -0.05) is 40.9 Å². The van der Waals surface area contributed by atoms with E-state index >= 15 is 0 Å². The number of amides is 2. The molecule has 2 aliphatic heterocycles. The first kappa shape index (κ1) is 53.0. The van der Waals surface area contributed by atoms with Crippen LogP contribution in [0.4, 0.5) is 11.4 Å². The molecule has 71 heavy (non-hydrogen) atoms. The van der Waals surface area contributed by atoms with Gasteiger partial charge in [-0.05, 0) is 48.5 Å². The van der Waals surface area contributed by atoms with Crippen LogP contribution in [0.15, 0.2) is 89.1 Å². The summed E-state index contributed by atoms with van der Waals surface area (Å²) >= 11 is 12.2. The van der Waals surface area contributed by atoms with E-state index in [0.717, 1.165) is 16.8 Å². The van der Waals surface area contributed by atoms with E-state index in [1.807, 2.05) is 53.4 Å². The summed E-state index contributed by atoms with van der Waals surface area (Å²) in [6.45, 7) is 4.73. The number of hydrogen-bond donors (Lipinski definition) is 2. The topological polar surface area (TPSA) is 252 Å². The summed E-state index contributed by atoms with van der Waals surface area (Å²) < 4.78 is 32.3. The van der Waals surface area contributed by atoms with Crippen molar-refractivity contribution in [3.8, 4) is 23.0 Å². The summed E-state index contributed by atoms with van der Waals surface area (Å²) in [7, 11) is 7.72. The minimum Gasteiger partial charge on any atom is -0.495 e. The summed E-state index contributed by atoms with van der Waals surface area (Å²) in [5, 5.41) is 27.3. The van der Waals surface area contributed by atoms with Gasteiger partial charge in [0.1, 0.15) is 36.0 Å². The van der Waals surface area contributed by atoms with Crippen molar-refractivity contribution in [1.82, 2.24) is 49.5 Å². The molecule has 23 nitrogen and oxygen atoms in total. The Labute approximate surface area is 419 Å². The number of carbonyl (C=O) groups is 2. The molecule has 25 heteroatoms. The number of piperazine rings is 2. The molecule has 2 aromatic carbocycles. The molecule has 0 spiro atoms. The second-order valence-electron chi connectivity index (χ2n) is 15.4. The predicted molar refractivity (Wildman–Crippen MR) is 266 cm³/mol. The summed E-state index contributed by atoms with van der Waals surface area (Å²) in [6, 6.07) is 18.5. The molecular formula is C46H56Cl2N14O9. The van der Waals surface area contributed by atoms with Crippen LogP contribution in [0.3, 0.4) is 0 Å². The van der Waals surface area contributed by atoms with Crippen LogP contribution in [0, 0.1) is 0 Å². The highest BCUT2D eigenvalue weighted by Gasteiger charge is 2.26. The first-order valence-electron chi connectivity index (χ1n) is 21.7. The van der Waals surface area contributed by atoms with Crippen LogP contribution in [-0.4, -0.2) is 167 Å². The Morgan fingerprint density at radius 1 is 0.704 bits per heavy atom. The standard InChI is InChI=1S/C21H20ClN7O3.C20H22ClN7O3.C4H10O3.CH4/c1-31-17-11-14(4-5-16(17)22)27-7-9-28(10-8-27)18(30)12-29-21-15(3-2-6-23-21)19(25-29)20-24-13-32-26-20;1-31-16-11-13(4-5-15(16)21)26-7-9-27(10-8-26)17(29)12-28-20-14(3-2-6-23-20)18(24-28)19(22)25-30;1-5-4(6-2)7-3;/h2-6,11,13H,7-10,12H2,1H3;2-6,11,30H,7-10,12H2,1H3,(H2,22,25);4H,1-3H3;1H4. The van der Waals surface area contributed by atoms with E-state index in [2.05, 4.69) is 59.5 Å². The van der Waals surface area contributed by atoms with E-state index in [4.69, 9.17) is 48.1 Å². The second kappa shape index (κ2) is 25.0. The number of nitrogens with zero attached hydrogens (tertiary/aromatic N) is 13. The third-order valence-corrected chi connectivity index (χ3v) is 12.0. The summed E-state index contributed by atoms with van der Waals surface area (Å²) in [5.41, 5.74) is 9.68. The zero-order valence-corrected chi connectivity index (χ0v) is 40.5. The number of oxime groups is 1. The molecule has 0 radical (unpaired) electrons. The molecule has 0 atom stereocenters. The van der Waals surface area contributed by atoms with Gasteiger partial charge in [0.25, 0.3) is 6.48 Å². The second-order valence-corrected chi connectivity index (χ2v) is 16.2. The highest BCUT2D eigenvalue weighted by Crippen LogP contribution is 2.31. The SMILES string of the molecule is C.COC(OC)OC.COc1cc(N2CCN(C(=O)Cn3nc(-c4ncon4)c4cccnc43)CC2)ccc1Cl.COc1cc(N2CCN(C(=O)Cn3nc(/C(N)=N/O)c4cccnc43)CC2)ccc1Cl. The van der Waals surface area contributed by atoms with Gasteiger partial charge < -0.3 is 58.7 Å². The van der Waals surface area contributed by atoms with Crippen molar-refractivity contribution in [2.24, 2.45) is 10.9 Å². The summed E-state index contributed by atoms with van der Waals surface area (Å²) in [4.78, 5) is 46.7. The van der Waals surface area contributed by atoms with Gasteiger partial charge in [-0.15, -0.1) is 0 Å². The lowest BCUT2D eigenvalue weighted by Gasteiger charge is -2.36. The molecule has 2 fully saturated rings. The molecule has 3 N–H and O–H groups in total. The van der Waals surface area contributed by atoms with Crippen LogP contribution in [-0.2, 0) is 36.9 Å². The van der Waals surface area contributed by atoms with E-state index in [1.165, 1.54) is 32.4 Å². The molecule has 378 valence electrons. The lowest BCUT2D eigenvalue weighted by atomic mass is 10.2. The largest absolute Gasteiger partial charge is 0.495 e. The highest BCUT2D eigenvalue weighted by molar-refractivity contribution is 6.32. The zero-order valence-electron chi connectivity index (χ0n) is 39.0. The van der Waals surface area contributed by atoms with Crippen LogP contribution in [0.2, 0.25) is 10.0 Å². The molecule has 5 aromatic heterocycles. The first-order valence-corrected chi connectivity index (χ1v) is 22.4. The van der Waals surface area contributed by atoms with E-state index in [0.29, 0.717) is 108 Å². The zero-order chi connectivity index (χ0) is 49.7. The molecule has 0 saturated carbocycles. The number of aromatic nitrogens is 8. The third kappa shape index (κ3) is 12.5. The number of methoxy groups -OCH3 is 5. The number of halogens is 2. The average molecular weight is 1020 g/mol. The van der Waals surface area contributed by atoms with Gasteiger partial charge in [0.15, 0.2) is 17.1 Å². The van der Waals surface area contributed by atoms with E-state index in [9.17, 15) is 9.59 Å². The maximum Gasteiger partial charge on any atom is 0.270 e. The number of ether oxygens (including phenoxy) is 5. The van der Waals surface area contributed by atoms with Gasteiger partial charge in [0, 0.05) is 110 Å². The molecule has 2 aliphatic rings. The Balaban J connectivity index is 0.000000203. The quantitative estimate of drug-likeness (QED) is 0.0514. The van der Waals surface area contributed by atoms with Crippen LogP contribution < -0.4 is 25.0 Å². The molecule has 7 aromatic rings. The van der Waals surface area contributed by atoms with Crippen molar-refractivity contribution < 1.29 is 43.0 Å². The van der Waals surface area contributed by atoms with E-state index in [1.54, 1.807) is 48.3 Å². The Kier molecular flexibility index (Phi) is 18.7. The monoisotopic (exact) mass is 1020 g/mol. The molecule has 7 heterocycles. The Bertz CT molecular complexity index is 2870. The van der Waals surface area contributed by atoms with Crippen molar-refractivity contribution in [1.29, 1.82) is 0 Å². The average Bonchev–Trinajstić information content (AvgIpc) is 4.16. The van der Waals surface area contributed by atoms with Crippen LogP contribution in [0.5, 0.6) is 11.5 Å². The van der Waals surface area contributed by atoms with Gasteiger partial charge in [-0.2, -0.15) is 15.2 Å². The maximum atomic E-state index is 13.0. The number of hydrogen-bond acceptors (Lipinski definition) is 18. The van der Waals surface area contributed by atoms with Crippen LogP contribution in [0.25, 0.3) is 33.6 Å². The molecule has 0 unspecified atom stereocenters. The lowest BCUT2D eigenvalue weighted by molar-refractivity contribution is -0.252. The smallest absolute Gasteiger partial charge is 0.270 e. The first-order chi connectivity index (χ1) is 34.0. The number of rotatable bonds is 13. The summed E-state index contributed by atoms with van der Waals surface area (Å²) in [5.74, 6) is 1.40. The van der Waals surface area contributed by atoms with Crippen LogP contribution >= 0.6 is 23.2 Å². The van der Waals surface area contributed by atoms with Crippen molar-refractivity contribution in [2.75, 3.05) is 97.7 Å². The van der Waals surface area contributed by atoms with E-state index in [-0.39, 0.29) is 38.2 Å². The number of carbonyl (C=O) groups excluding carboxylic acids is 2. The van der Waals surface area contributed by atoms with E-state index < -0.39 is 6.48 Å². The maximum absolute atomic E-state index is 13.0. The molecule has 0 bridgehead atoms. The Hall–Kier alpha value is -7.31. The van der Waals surface area contributed by atoms with Crippen molar-refractivity contribution >= 4 is 74.3 Å². The Morgan fingerprint density at radius 3 is 1.62 bits per heavy atom. The fourth-order valence-corrected chi connectivity index (χ4v) is 8.17. The Morgan fingerprint density at radius 2 is 1.18 bits per heavy atom. The number of nitrogens with two attached hydrogens (primary N) is 1. The number of amidine groups is 1. The number of pyridine rings is 2. The lowest BCUT2D eigenvalue weighted by Crippen LogP contribution is -2.49. The van der Waals surface area contributed by atoms with Gasteiger partial charge in [0.2, 0.25) is 24.0 Å². The molecule has 9 rings (SSSR count). The molecular weight excluding hydrogens is 964 g/mol. The predicted octanol–water partition coefficient (Wildman–Crippen LogP) is 4.87. The van der Waals surface area contributed by atoms with Gasteiger partial charge >= 0.3 is 0 Å². The normalized spacial score (nSPS) is 13.9. The third-order valence-electron chi connectivity index (χ3n) is 11.3. The van der Waals surface area contributed by atoms with Gasteiger partial charge in [-0.25, -0.2) is 19.3 Å². The van der Waals surface area contributed by atoms with Crippen LogP contribution in [0.1, 0.15) is 13.1 Å². The number of benzene rings is 2. The van der Waals surface area contributed by atoms with Gasteiger partial charge in [0.05, 0.1) is 35.0 Å². The fraction of sp³-hybridized carbons (Fsp3) is 0.370. The fourth-order valence-electron chi connectivity index (χ4n) is 7.78. The number of fused-ring (bicyclic) bond motifs is 2. The number of anilines is 2. The van der Waals surface area contributed by atoms with Crippen molar-refractivity contribution in [3.05, 3.63) is 95.2 Å². The molecule has 2 saturated heterocycles. The summed E-state index contributed by atoms with van der Waals surface area (Å²) in [6.07, 6.45) is 4.53. The minimum atomic E-state index is -0.514. The van der Waals surface area contributed by atoms with Gasteiger partial charge in [-0.3, -0.25) is 9.59 Å². The highest BCUT2D eigenvalue weighted by atomic mass is 35.5. The molecule has 0 aliphatic carbocycles. The van der Waals surface area contributed by atoms with Crippen molar-refractivity contribution in [3.63, 3.8) is 0 Å².